The molecule has 1 atom stereocenters. The van der Waals surface area contributed by atoms with Crippen LogP contribution in [0.25, 0.3) is 0 Å². The Morgan fingerprint density at radius 2 is 2.06 bits per heavy atom. The molecule has 0 aliphatic carbocycles. The highest BCUT2D eigenvalue weighted by atomic mass is 32.1. The van der Waals surface area contributed by atoms with Crippen molar-refractivity contribution >= 4 is 11.3 Å². The summed E-state index contributed by atoms with van der Waals surface area (Å²) in [6.07, 6.45) is 3.79. The van der Waals surface area contributed by atoms with Crippen molar-refractivity contribution in [1.82, 2.24) is 4.98 Å². The molecule has 3 heteroatoms. The summed E-state index contributed by atoms with van der Waals surface area (Å²) in [5, 5.41) is 0. The van der Waals surface area contributed by atoms with Crippen LogP contribution in [0.5, 0.6) is 0 Å². The molecule has 0 amide bonds. The van der Waals surface area contributed by atoms with E-state index in [9.17, 15) is 0 Å². The smallest absolute Gasteiger partial charge is 0.0603 e. The zero-order valence-electron chi connectivity index (χ0n) is 10.3. The lowest BCUT2D eigenvalue weighted by Gasteiger charge is -2.12. The summed E-state index contributed by atoms with van der Waals surface area (Å²) >= 11 is 1.85. The third-order valence-corrected chi connectivity index (χ3v) is 4.14. The molecular weight excluding hydrogens is 228 g/mol. The van der Waals surface area contributed by atoms with Crippen LogP contribution in [-0.4, -0.2) is 4.98 Å². The van der Waals surface area contributed by atoms with Crippen LogP contribution in [0.3, 0.4) is 0 Å². The normalized spacial score (nSPS) is 12.6. The fourth-order valence-corrected chi connectivity index (χ4v) is 2.94. The lowest BCUT2D eigenvalue weighted by Crippen LogP contribution is -2.15. The molecule has 0 saturated carbocycles. The number of aryl methyl sites for hydroxylation is 2. The van der Waals surface area contributed by atoms with Crippen LogP contribution < -0.4 is 5.73 Å². The van der Waals surface area contributed by atoms with E-state index in [0.717, 1.165) is 18.5 Å². The Kier molecular flexibility index (Phi) is 3.92. The Morgan fingerprint density at radius 3 is 2.71 bits per heavy atom. The van der Waals surface area contributed by atoms with Gasteiger partial charge in [0, 0.05) is 22.4 Å². The number of rotatable bonds is 4. The molecule has 0 fully saturated rings. The second-order valence-corrected chi connectivity index (χ2v) is 5.49. The van der Waals surface area contributed by atoms with Crippen molar-refractivity contribution < 1.29 is 0 Å². The van der Waals surface area contributed by atoms with Crippen LogP contribution >= 0.6 is 11.3 Å². The van der Waals surface area contributed by atoms with E-state index < -0.39 is 0 Å². The predicted octanol–water partition coefficient (Wildman–Crippen LogP) is 3.26. The van der Waals surface area contributed by atoms with Gasteiger partial charge in [-0.3, -0.25) is 4.98 Å². The summed E-state index contributed by atoms with van der Waals surface area (Å²) in [4.78, 5) is 7.15. The number of thiophene rings is 1. The molecule has 0 aliphatic heterocycles. The van der Waals surface area contributed by atoms with Crippen molar-refractivity contribution in [1.29, 1.82) is 0 Å². The molecule has 2 nitrogen and oxygen atoms in total. The van der Waals surface area contributed by atoms with E-state index in [1.54, 1.807) is 0 Å². The van der Waals surface area contributed by atoms with Gasteiger partial charge in [0.1, 0.15) is 0 Å². The molecule has 1 unspecified atom stereocenters. The predicted molar refractivity (Wildman–Crippen MR) is 73.3 cm³/mol. The van der Waals surface area contributed by atoms with Crippen molar-refractivity contribution in [2.45, 2.75) is 32.7 Å². The van der Waals surface area contributed by atoms with Crippen LogP contribution in [0.15, 0.2) is 30.5 Å². The van der Waals surface area contributed by atoms with Crippen LogP contribution in [-0.2, 0) is 12.8 Å². The van der Waals surface area contributed by atoms with Gasteiger partial charge in [0.2, 0.25) is 0 Å². The standard InChI is InChI=1S/C14H18N2S/c1-3-11-6-7-12(17-11)9-13(15)14-10(2)5-4-8-16-14/h4-8,13H,3,9,15H2,1-2H3. The molecule has 90 valence electrons. The molecular formula is C14H18N2S. The zero-order valence-corrected chi connectivity index (χ0v) is 11.1. The SMILES string of the molecule is CCc1ccc(CC(N)c2ncccc2C)s1. The summed E-state index contributed by atoms with van der Waals surface area (Å²) in [6, 6.07) is 8.39. The molecule has 0 saturated heterocycles. The summed E-state index contributed by atoms with van der Waals surface area (Å²) < 4.78 is 0. The maximum Gasteiger partial charge on any atom is 0.0603 e. The Morgan fingerprint density at radius 1 is 1.29 bits per heavy atom. The molecule has 2 aromatic rings. The van der Waals surface area contributed by atoms with Gasteiger partial charge in [-0.25, -0.2) is 0 Å². The van der Waals surface area contributed by atoms with Gasteiger partial charge in [0.15, 0.2) is 0 Å². The largest absolute Gasteiger partial charge is 0.322 e. The van der Waals surface area contributed by atoms with Gasteiger partial charge in [-0.1, -0.05) is 13.0 Å². The molecule has 2 rings (SSSR count). The molecule has 0 spiro atoms. The highest BCUT2D eigenvalue weighted by molar-refractivity contribution is 7.11. The molecule has 2 N–H and O–H groups in total. The van der Waals surface area contributed by atoms with Crippen molar-refractivity contribution in [3.8, 4) is 0 Å². The van der Waals surface area contributed by atoms with Gasteiger partial charge >= 0.3 is 0 Å². The Bertz CT molecular complexity index is 490. The summed E-state index contributed by atoms with van der Waals surface area (Å²) in [7, 11) is 0. The van der Waals surface area contributed by atoms with Gasteiger partial charge in [-0.2, -0.15) is 0 Å². The Balaban J connectivity index is 2.11. The quantitative estimate of drug-likeness (QED) is 0.899. The highest BCUT2D eigenvalue weighted by Crippen LogP contribution is 2.23. The third-order valence-electron chi connectivity index (χ3n) is 2.89. The zero-order chi connectivity index (χ0) is 12.3. The Hall–Kier alpha value is -1.19. The average molecular weight is 246 g/mol. The van der Waals surface area contributed by atoms with Gasteiger partial charge in [0.05, 0.1) is 11.7 Å². The minimum Gasteiger partial charge on any atom is -0.322 e. The molecule has 17 heavy (non-hydrogen) atoms. The molecule has 0 bridgehead atoms. The number of aromatic nitrogens is 1. The second-order valence-electron chi connectivity index (χ2n) is 4.24. The van der Waals surface area contributed by atoms with Gasteiger partial charge in [-0.05, 0) is 37.1 Å². The van der Waals surface area contributed by atoms with Crippen LogP contribution in [0.4, 0.5) is 0 Å². The lowest BCUT2D eigenvalue weighted by atomic mass is 10.1. The minimum absolute atomic E-state index is 0.000411. The monoisotopic (exact) mass is 246 g/mol. The molecule has 0 radical (unpaired) electrons. The fraction of sp³-hybridized carbons (Fsp3) is 0.357. The van der Waals surface area contributed by atoms with E-state index in [4.69, 9.17) is 5.73 Å². The van der Waals surface area contributed by atoms with E-state index in [2.05, 4.69) is 37.0 Å². The maximum absolute atomic E-state index is 6.22. The summed E-state index contributed by atoms with van der Waals surface area (Å²) in [5.74, 6) is 0. The maximum atomic E-state index is 6.22. The second kappa shape index (κ2) is 5.43. The highest BCUT2D eigenvalue weighted by Gasteiger charge is 2.12. The van der Waals surface area contributed by atoms with E-state index in [1.165, 1.54) is 15.3 Å². The van der Waals surface area contributed by atoms with Gasteiger partial charge < -0.3 is 5.73 Å². The summed E-state index contributed by atoms with van der Waals surface area (Å²) in [6.45, 7) is 4.24. The topological polar surface area (TPSA) is 38.9 Å². The number of nitrogens with zero attached hydrogens (tertiary/aromatic N) is 1. The molecule has 0 aliphatic rings. The first kappa shape index (κ1) is 12.3. The van der Waals surface area contributed by atoms with Crippen molar-refractivity contribution in [2.24, 2.45) is 5.73 Å². The van der Waals surface area contributed by atoms with Crippen molar-refractivity contribution in [3.63, 3.8) is 0 Å². The molecule has 2 heterocycles. The fourth-order valence-electron chi connectivity index (χ4n) is 1.92. The molecule has 0 aromatic carbocycles. The first-order chi connectivity index (χ1) is 8.20. The van der Waals surface area contributed by atoms with Gasteiger partial charge in [0.25, 0.3) is 0 Å². The van der Waals surface area contributed by atoms with E-state index in [1.807, 2.05) is 23.6 Å². The van der Waals surface area contributed by atoms with E-state index >= 15 is 0 Å². The minimum atomic E-state index is -0.000411. The number of hydrogen-bond acceptors (Lipinski definition) is 3. The van der Waals surface area contributed by atoms with Crippen LogP contribution in [0.2, 0.25) is 0 Å². The lowest BCUT2D eigenvalue weighted by molar-refractivity contribution is 0.697. The first-order valence-corrected chi connectivity index (χ1v) is 6.77. The van der Waals surface area contributed by atoms with Crippen molar-refractivity contribution in [3.05, 3.63) is 51.5 Å². The van der Waals surface area contributed by atoms with Crippen LogP contribution in [0, 0.1) is 6.92 Å². The van der Waals surface area contributed by atoms with Crippen molar-refractivity contribution in [2.75, 3.05) is 0 Å². The Labute approximate surface area is 107 Å². The molecule has 2 aromatic heterocycles. The first-order valence-electron chi connectivity index (χ1n) is 5.95. The number of pyridine rings is 1. The van der Waals surface area contributed by atoms with E-state index in [0.29, 0.717) is 0 Å². The average Bonchev–Trinajstić information content (AvgIpc) is 2.77. The third kappa shape index (κ3) is 2.93. The van der Waals surface area contributed by atoms with E-state index in [-0.39, 0.29) is 6.04 Å². The summed E-state index contributed by atoms with van der Waals surface area (Å²) in [5.41, 5.74) is 8.41. The number of nitrogens with two attached hydrogens (primary N) is 1. The van der Waals surface area contributed by atoms with Crippen LogP contribution in [0.1, 0.15) is 34.0 Å². The number of hydrogen-bond donors (Lipinski definition) is 1. The van der Waals surface area contributed by atoms with Gasteiger partial charge in [-0.15, -0.1) is 11.3 Å².